The van der Waals surface area contributed by atoms with Gasteiger partial charge in [0.2, 0.25) is 11.6 Å². The number of aliphatic hydroxyl groups is 1. The Labute approximate surface area is 245 Å². The molecule has 226 valence electrons. The van der Waals surface area contributed by atoms with Gasteiger partial charge in [-0.3, -0.25) is 4.79 Å². The van der Waals surface area contributed by atoms with Crippen LogP contribution in [0.4, 0.5) is 19.0 Å². The number of amides is 1. The molecular formula is C30H31F3N6O4. The van der Waals surface area contributed by atoms with Crippen molar-refractivity contribution in [2.75, 3.05) is 19.0 Å². The van der Waals surface area contributed by atoms with Crippen LogP contribution in [-0.2, 0) is 17.5 Å². The molecule has 1 aliphatic carbocycles. The molecule has 13 heteroatoms. The van der Waals surface area contributed by atoms with Gasteiger partial charge in [0.15, 0.2) is 11.5 Å². The van der Waals surface area contributed by atoms with Gasteiger partial charge >= 0.3 is 12.1 Å². The molecule has 0 spiro atoms. The summed E-state index contributed by atoms with van der Waals surface area (Å²) in [6.45, 7) is 1.54. The third-order valence-corrected chi connectivity index (χ3v) is 7.71. The van der Waals surface area contributed by atoms with Crippen molar-refractivity contribution >= 4 is 28.9 Å². The lowest BCUT2D eigenvalue weighted by Gasteiger charge is -2.32. The monoisotopic (exact) mass is 596 g/mol. The maximum atomic E-state index is 13.7. The third-order valence-electron chi connectivity index (χ3n) is 7.71. The first-order chi connectivity index (χ1) is 20.6. The Morgan fingerprint density at radius 2 is 1.77 bits per heavy atom. The number of carbonyl (C=O) groups excluding carboxylic acids is 2. The molecule has 10 nitrogen and oxygen atoms in total. The highest BCUT2D eigenvalue weighted by Crippen LogP contribution is 2.33. The van der Waals surface area contributed by atoms with E-state index in [9.17, 15) is 27.9 Å². The maximum Gasteiger partial charge on any atom is 0.416 e. The van der Waals surface area contributed by atoms with E-state index >= 15 is 0 Å². The summed E-state index contributed by atoms with van der Waals surface area (Å²) in [5.41, 5.74) is 0.632. The number of esters is 1. The molecule has 0 bridgehead atoms. The van der Waals surface area contributed by atoms with Crippen LogP contribution in [0, 0.1) is 5.92 Å². The quantitative estimate of drug-likeness (QED) is 0.224. The van der Waals surface area contributed by atoms with E-state index < -0.39 is 36.3 Å². The number of rotatable bonds is 10. The molecule has 1 saturated carbocycles. The molecule has 0 saturated heterocycles. The molecule has 2 heterocycles. The number of imidazole rings is 1. The SMILES string of the molecule is COC(=O)c1nc(N[C@H](C)C2CCC2)c2c(n1)nc(C(=O)N[C@@H](CO)c1ccccc1)n2Cc1ccc(C(F)(F)F)cc1. The van der Waals surface area contributed by atoms with E-state index in [1.165, 1.54) is 23.8 Å². The van der Waals surface area contributed by atoms with E-state index in [2.05, 4.69) is 25.6 Å². The number of hydrogen-bond acceptors (Lipinski definition) is 8. The fourth-order valence-corrected chi connectivity index (χ4v) is 5.04. The Balaban J connectivity index is 1.62. The van der Waals surface area contributed by atoms with E-state index in [-0.39, 0.29) is 35.7 Å². The number of carbonyl (C=O) groups is 2. The Kier molecular flexibility index (Phi) is 8.62. The van der Waals surface area contributed by atoms with Crippen molar-refractivity contribution in [3.8, 4) is 0 Å². The summed E-state index contributed by atoms with van der Waals surface area (Å²) in [5.74, 6) is -1.23. The summed E-state index contributed by atoms with van der Waals surface area (Å²) < 4.78 is 46.0. The van der Waals surface area contributed by atoms with Crippen LogP contribution in [0.1, 0.15) is 70.2 Å². The van der Waals surface area contributed by atoms with E-state index in [1.807, 2.05) is 6.92 Å². The van der Waals surface area contributed by atoms with Gasteiger partial charge in [-0.05, 0) is 48.9 Å². The van der Waals surface area contributed by atoms with E-state index in [1.54, 1.807) is 30.3 Å². The van der Waals surface area contributed by atoms with Crippen molar-refractivity contribution in [1.82, 2.24) is 24.8 Å². The first kappa shape index (κ1) is 30.0. The molecule has 2 aromatic heterocycles. The molecule has 5 rings (SSSR count). The van der Waals surface area contributed by atoms with Crippen LogP contribution in [0.3, 0.4) is 0 Å². The van der Waals surface area contributed by atoms with Gasteiger partial charge in [0, 0.05) is 6.04 Å². The fraction of sp³-hybridized carbons (Fsp3) is 0.367. The van der Waals surface area contributed by atoms with Crippen LogP contribution in [0.5, 0.6) is 0 Å². The van der Waals surface area contributed by atoms with Crippen LogP contribution in [0.15, 0.2) is 54.6 Å². The van der Waals surface area contributed by atoms with Crippen molar-refractivity contribution in [1.29, 1.82) is 0 Å². The lowest BCUT2D eigenvalue weighted by Crippen LogP contribution is -2.33. The summed E-state index contributed by atoms with van der Waals surface area (Å²) >= 11 is 0. The van der Waals surface area contributed by atoms with Gasteiger partial charge in [0.1, 0.15) is 5.52 Å². The first-order valence-corrected chi connectivity index (χ1v) is 13.8. The van der Waals surface area contributed by atoms with E-state index in [4.69, 9.17) is 4.74 Å². The van der Waals surface area contributed by atoms with E-state index in [0.29, 0.717) is 22.6 Å². The summed E-state index contributed by atoms with van der Waals surface area (Å²) in [5, 5.41) is 16.2. The maximum absolute atomic E-state index is 13.7. The third kappa shape index (κ3) is 6.46. The number of methoxy groups -OCH3 is 1. The number of ether oxygens (including phenoxy) is 1. The Bertz CT molecular complexity index is 1600. The molecule has 1 aliphatic rings. The van der Waals surface area contributed by atoms with Crippen LogP contribution in [0.25, 0.3) is 11.2 Å². The Morgan fingerprint density at radius 3 is 2.35 bits per heavy atom. The summed E-state index contributed by atoms with van der Waals surface area (Å²) in [6.07, 6.45) is -1.36. The Morgan fingerprint density at radius 1 is 1.07 bits per heavy atom. The topological polar surface area (TPSA) is 131 Å². The summed E-state index contributed by atoms with van der Waals surface area (Å²) in [4.78, 5) is 39.3. The molecule has 3 N–H and O–H groups in total. The van der Waals surface area contributed by atoms with Crippen LogP contribution < -0.4 is 10.6 Å². The molecule has 2 atom stereocenters. The average Bonchev–Trinajstić information content (AvgIpc) is 3.33. The largest absolute Gasteiger partial charge is 0.463 e. The lowest BCUT2D eigenvalue weighted by atomic mass is 9.80. The normalized spacial score (nSPS) is 15.0. The van der Waals surface area contributed by atoms with Crippen LogP contribution >= 0.6 is 0 Å². The molecule has 0 aliphatic heterocycles. The number of aromatic nitrogens is 4. The minimum atomic E-state index is -4.51. The first-order valence-electron chi connectivity index (χ1n) is 13.8. The minimum Gasteiger partial charge on any atom is -0.463 e. The summed E-state index contributed by atoms with van der Waals surface area (Å²) in [6, 6.07) is 12.6. The minimum absolute atomic E-state index is 0.0241. The van der Waals surface area contributed by atoms with Crippen LogP contribution in [-0.4, -0.2) is 56.3 Å². The zero-order chi connectivity index (χ0) is 30.7. The van der Waals surface area contributed by atoms with Gasteiger partial charge in [-0.25, -0.2) is 19.7 Å². The lowest BCUT2D eigenvalue weighted by molar-refractivity contribution is -0.137. The average molecular weight is 597 g/mol. The number of nitrogens with zero attached hydrogens (tertiary/aromatic N) is 4. The van der Waals surface area contributed by atoms with Gasteiger partial charge in [0.05, 0.1) is 31.9 Å². The zero-order valence-corrected chi connectivity index (χ0v) is 23.6. The molecule has 1 fully saturated rings. The highest BCUT2D eigenvalue weighted by molar-refractivity contribution is 5.98. The number of halogens is 3. The van der Waals surface area contributed by atoms with Crippen LogP contribution in [0.2, 0.25) is 0 Å². The van der Waals surface area contributed by atoms with Crippen molar-refractivity contribution in [2.45, 2.75) is 51.0 Å². The second kappa shape index (κ2) is 12.4. The molecule has 0 radical (unpaired) electrons. The zero-order valence-electron chi connectivity index (χ0n) is 23.6. The Hall–Kier alpha value is -4.52. The van der Waals surface area contributed by atoms with Gasteiger partial charge in [0.25, 0.3) is 5.91 Å². The second-order valence-corrected chi connectivity index (χ2v) is 10.5. The molecule has 2 aromatic carbocycles. The fourth-order valence-electron chi connectivity index (χ4n) is 5.04. The second-order valence-electron chi connectivity index (χ2n) is 10.5. The number of nitrogens with one attached hydrogen (secondary N) is 2. The van der Waals surface area contributed by atoms with Crippen molar-refractivity contribution in [3.63, 3.8) is 0 Å². The van der Waals surface area contributed by atoms with Crippen molar-refractivity contribution in [2.24, 2.45) is 5.92 Å². The number of alkyl halides is 3. The number of hydrogen-bond donors (Lipinski definition) is 3. The number of aliphatic hydroxyl groups excluding tert-OH is 1. The highest BCUT2D eigenvalue weighted by Gasteiger charge is 2.31. The predicted octanol–water partition coefficient (Wildman–Crippen LogP) is 4.74. The van der Waals surface area contributed by atoms with E-state index in [0.717, 1.165) is 31.4 Å². The molecule has 4 aromatic rings. The smallest absolute Gasteiger partial charge is 0.416 e. The highest BCUT2D eigenvalue weighted by atomic mass is 19.4. The molecule has 1 amide bonds. The number of anilines is 1. The summed E-state index contributed by atoms with van der Waals surface area (Å²) in [7, 11) is 1.20. The van der Waals surface area contributed by atoms with Crippen molar-refractivity contribution in [3.05, 3.63) is 82.9 Å². The number of benzene rings is 2. The number of fused-ring (bicyclic) bond motifs is 1. The molecular weight excluding hydrogens is 565 g/mol. The van der Waals surface area contributed by atoms with Gasteiger partial charge in [-0.15, -0.1) is 0 Å². The van der Waals surface area contributed by atoms with Gasteiger partial charge < -0.3 is 25.0 Å². The van der Waals surface area contributed by atoms with Gasteiger partial charge in [-0.2, -0.15) is 13.2 Å². The standard InChI is InChI=1S/C30H31F3N6O4/c1-17(19-9-6-10-19)34-24-23-25(37-26(36-24)29(42)43-2)38-27(28(41)35-22(16-40)20-7-4-3-5-8-20)39(23)15-18-11-13-21(14-12-18)30(31,32)33/h3-5,7-8,11-14,17,19,22,40H,6,9-10,15-16H2,1-2H3,(H,35,41)(H,34,36,37)/t17-,22+/m1/s1. The molecule has 43 heavy (non-hydrogen) atoms. The van der Waals surface area contributed by atoms with Gasteiger partial charge in [-0.1, -0.05) is 48.9 Å². The molecule has 0 unspecified atom stereocenters. The van der Waals surface area contributed by atoms with Crippen molar-refractivity contribution < 1.29 is 32.6 Å². The predicted molar refractivity (Wildman–Crippen MR) is 151 cm³/mol.